The van der Waals surface area contributed by atoms with Crippen molar-refractivity contribution in [2.75, 3.05) is 31.1 Å². The first kappa shape index (κ1) is 14.6. The summed E-state index contributed by atoms with van der Waals surface area (Å²) in [5.41, 5.74) is 2.27. The van der Waals surface area contributed by atoms with Crippen molar-refractivity contribution in [3.8, 4) is 6.07 Å². The van der Waals surface area contributed by atoms with Crippen LogP contribution in [0.2, 0.25) is 0 Å². The summed E-state index contributed by atoms with van der Waals surface area (Å²) in [4.78, 5) is 4.61. The van der Waals surface area contributed by atoms with Crippen LogP contribution in [-0.4, -0.2) is 31.1 Å². The largest absolute Gasteiger partial charge is 0.369 e. The van der Waals surface area contributed by atoms with Gasteiger partial charge in [0.2, 0.25) is 0 Å². The van der Waals surface area contributed by atoms with Crippen LogP contribution in [0.25, 0.3) is 0 Å². The Kier molecular flexibility index (Phi) is 4.36. The molecule has 0 amide bonds. The summed E-state index contributed by atoms with van der Waals surface area (Å²) in [7, 11) is 0. The minimum atomic E-state index is -0.287. The first-order chi connectivity index (χ1) is 10.8. The van der Waals surface area contributed by atoms with E-state index >= 15 is 0 Å². The summed E-state index contributed by atoms with van der Waals surface area (Å²) < 4.78 is 13.9. The van der Waals surface area contributed by atoms with Crippen molar-refractivity contribution in [3.63, 3.8) is 0 Å². The zero-order valence-electron chi connectivity index (χ0n) is 12.4. The van der Waals surface area contributed by atoms with Crippen LogP contribution in [0.3, 0.4) is 0 Å². The molecule has 0 atom stereocenters. The summed E-state index contributed by atoms with van der Waals surface area (Å²) >= 11 is 0. The van der Waals surface area contributed by atoms with E-state index in [1.807, 2.05) is 24.3 Å². The lowest BCUT2D eigenvalue weighted by molar-refractivity contribution is 0.246. The standard InChI is InChI=1S/C18H18FN3/c19-18-12-15(13-20)6-7-16(18)14-21-8-10-22(11-9-21)17-4-2-1-3-5-17/h1-7,12H,8-11,14H2. The number of hydrogen-bond acceptors (Lipinski definition) is 3. The molecule has 22 heavy (non-hydrogen) atoms. The molecule has 0 bridgehead atoms. The number of anilines is 1. The fraction of sp³-hybridized carbons (Fsp3) is 0.278. The van der Waals surface area contributed by atoms with Crippen LogP contribution < -0.4 is 4.90 Å². The highest BCUT2D eigenvalue weighted by Gasteiger charge is 2.18. The molecule has 1 fully saturated rings. The molecular weight excluding hydrogens is 277 g/mol. The predicted molar refractivity (Wildman–Crippen MR) is 85.0 cm³/mol. The zero-order valence-corrected chi connectivity index (χ0v) is 12.4. The zero-order chi connectivity index (χ0) is 15.4. The molecule has 2 aromatic rings. The summed E-state index contributed by atoms with van der Waals surface area (Å²) in [5.74, 6) is -0.287. The second-order valence-electron chi connectivity index (χ2n) is 5.52. The van der Waals surface area contributed by atoms with Crippen molar-refractivity contribution in [1.29, 1.82) is 5.26 Å². The molecule has 1 aliphatic heterocycles. The average molecular weight is 295 g/mol. The van der Waals surface area contributed by atoms with Gasteiger partial charge in [0, 0.05) is 44.0 Å². The number of rotatable bonds is 3. The van der Waals surface area contributed by atoms with Gasteiger partial charge in [-0.15, -0.1) is 0 Å². The van der Waals surface area contributed by atoms with Crippen LogP contribution in [0, 0.1) is 17.1 Å². The Hall–Kier alpha value is -2.38. The third kappa shape index (κ3) is 3.26. The number of benzene rings is 2. The molecule has 0 radical (unpaired) electrons. The smallest absolute Gasteiger partial charge is 0.129 e. The maximum absolute atomic E-state index is 13.9. The number of hydrogen-bond donors (Lipinski definition) is 0. The summed E-state index contributed by atoms with van der Waals surface area (Å²) in [5, 5.41) is 8.78. The molecule has 0 saturated carbocycles. The number of halogens is 1. The third-order valence-electron chi connectivity index (χ3n) is 4.07. The molecular formula is C18H18FN3. The number of nitriles is 1. The topological polar surface area (TPSA) is 30.3 Å². The molecule has 3 rings (SSSR count). The second kappa shape index (κ2) is 6.59. The van der Waals surface area contributed by atoms with Gasteiger partial charge in [0.05, 0.1) is 11.6 Å². The van der Waals surface area contributed by atoms with Crippen LogP contribution in [0.5, 0.6) is 0 Å². The highest BCUT2D eigenvalue weighted by atomic mass is 19.1. The van der Waals surface area contributed by atoms with E-state index in [1.54, 1.807) is 12.1 Å². The van der Waals surface area contributed by atoms with Gasteiger partial charge in [-0.05, 0) is 24.3 Å². The van der Waals surface area contributed by atoms with Crippen molar-refractivity contribution in [2.24, 2.45) is 0 Å². The molecule has 0 aliphatic carbocycles. The van der Waals surface area contributed by atoms with Gasteiger partial charge < -0.3 is 4.90 Å². The molecule has 2 aromatic carbocycles. The van der Waals surface area contributed by atoms with E-state index in [1.165, 1.54) is 11.8 Å². The fourth-order valence-electron chi connectivity index (χ4n) is 2.79. The van der Waals surface area contributed by atoms with Gasteiger partial charge in [0.15, 0.2) is 0 Å². The number of para-hydroxylation sites is 1. The van der Waals surface area contributed by atoms with Gasteiger partial charge in [-0.25, -0.2) is 4.39 Å². The van der Waals surface area contributed by atoms with E-state index in [0.717, 1.165) is 26.2 Å². The van der Waals surface area contributed by atoms with Crippen LogP contribution in [0.1, 0.15) is 11.1 Å². The van der Waals surface area contributed by atoms with E-state index in [2.05, 4.69) is 21.9 Å². The normalized spacial score (nSPS) is 15.5. The molecule has 4 heteroatoms. The van der Waals surface area contributed by atoms with Crippen molar-refractivity contribution in [2.45, 2.75) is 6.54 Å². The minimum Gasteiger partial charge on any atom is -0.369 e. The molecule has 0 unspecified atom stereocenters. The average Bonchev–Trinajstić information content (AvgIpc) is 2.58. The minimum absolute atomic E-state index is 0.287. The summed E-state index contributed by atoms with van der Waals surface area (Å²) in [6.07, 6.45) is 0. The van der Waals surface area contributed by atoms with Gasteiger partial charge in [0.1, 0.15) is 5.82 Å². The first-order valence-electron chi connectivity index (χ1n) is 7.47. The number of piperazine rings is 1. The van der Waals surface area contributed by atoms with Crippen molar-refractivity contribution >= 4 is 5.69 Å². The molecule has 1 aliphatic rings. The van der Waals surface area contributed by atoms with Crippen LogP contribution in [-0.2, 0) is 6.54 Å². The van der Waals surface area contributed by atoms with E-state index in [4.69, 9.17) is 5.26 Å². The Bertz CT molecular complexity index is 670. The highest BCUT2D eigenvalue weighted by molar-refractivity contribution is 5.46. The maximum Gasteiger partial charge on any atom is 0.129 e. The Morgan fingerprint density at radius 3 is 2.36 bits per heavy atom. The maximum atomic E-state index is 13.9. The van der Waals surface area contributed by atoms with E-state index < -0.39 is 0 Å². The Labute approximate surface area is 130 Å². The van der Waals surface area contributed by atoms with Gasteiger partial charge in [0.25, 0.3) is 0 Å². The van der Waals surface area contributed by atoms with Gasteiger partial charge in [-0.1, -0.05) is 24.3 Å². The van der Waals surface area contributed by atoms with Gasteiger partial charge >= 0.3 is 0 Å². The lowest BCUT2D eigenvalue weighted by Gasteiger charge is -2.36. The van der Waals surface area contributed by atoms with E-state index in [-0.39, 0.29) is 5.82 Å². The van der Waals surface area contributed by atoms with Gasteiger partial charge in [-0.3, -0.25) is 4.90 Å². The molecule has 0 spiro atoms. The molecule has 3 nitrogen and oxygen atoms in total. The summed E-state index contributed by atoms with van der Waals surface area (Å²) in [6, 6.07) is 17.0. The van der Waals surface area contributed by atoms with E-state index in [9.17, 15) is 4.39 Å². The van der Waals surface area contributed by atoms with Gasteiger partial charge in [-0.2, -0.15) is 5.26 Å². The van der Waals surface area contributed by atoms with Crippen molar-refractivity contribution in [3.05, 3.63) is 65.5 Å². The monoisotopic (exact) mass is 295 g/mol. The van der Waals surface area contributed by atoms with Crippen LogP contribution >= 0.6 is 0 Å². The quantitative estimate of drug-likeness (QED) is 0.872. The van der Waals surface area contributed by atoms with Crippen LogP contribution in [0.4, 0.5) is 10.1 Å². The molecule has 0 N–H and O–H groups in total. The SMILES string of the molecule is N#Cc1ccc(CN2CCN(c3ccccc3)CC2)c(F)c1. The fourth-order valence-corrected chi connectivity index (χ4v) is 2.79. The lowest BCUT2D eigenvalue weighted by atomic mass is 10.1. The van der Waals surface area contributed by atoms with Crippen LogP contribution in [0.15, 0.2) is 48.5 Å². The number of nitrogens with zero attached hydrogens (tertiary/aromatic N) is 3. The molecule has 0 aromatic heterocycles. The molecule has 1 heterocycles. The lowest BCUT2D eigenvalue weighted by Crippen LogP contribution is -2.46. The van der Waals surface area contributed by atoms with Crippen molar-refractivity contribution < 1.29 is 4.39 Å². The molecule has 112 valence electrons. The van der Waals surface area contributed by atoms with Crippen molar-refractivity contribution in [1.82, 2.24) is 4.90 Å². The molecule has 1 saturated heterocycles. The summed E-state index contributed by atoms with van der Waals surface area (Å²) in [6.45, 7) is 4.31. The highest BCUT2D eigenvalue weighted by Crippen LogP contribution is 2.18. The second-order valence-corrected chi connectivity index (χ2v) is 5.52. The Morgan fingerprint density at radius 1 is 1.00 bits per heavy atom. The van der Waals surface area contributed by atoms with E-state index in [0.29, 0.717) is 17.7 Å². The first-order valence-corrected chi connectivity index (χ1v) is 7.47. The Morgan fingerprint density at radius 2 is 1.73 bits per heavy atom. The third-order valence-corrected chi connectivity index (χ3v) is 4.07. The predicted octanol–water partition coefficient (Wildman–Crippen LogP) is 3.02. The Balaban J connectivity index is 1.59.